The molecule has 1 aliphatic heterocycles. The van der Waals surface area contributed by atoms with Crippen LogP contribution in [0.5, 0.6) is 0 Å². The monoisotopic (exact) mass is 586 g/mol. The summed E-state index contributed by atoms with van der Waals surface area (Å²) in [5, 5.41) is 7.79. The van der Waals surface area contributed by atoms with Gasteiger partial charge in [0, 0.05) is 50.9 Å². The second kappa shape index (κ2) is 12.7. The zero-order valence-electron chi connectivity index (χ0n) is 24.3. The summed E-state index contributed by atoms with van der Waals surface area (Å²) in [4.78, 5) is 21.8. The van der Waals surface area contributed by atoms with Gasteiger partial charge in [-0.05, 0) is 60.4 Å². The molecule has 5 rings (SSSR count). The van der Waals surface area contributed by atoms with Crippen LogP contribution in [0, 0.1) is 5.82 Å². The minimum Gasteiger partial charge on any atom is -0.378 e. The first-order valence-corrected chi connectivity index (χ1v) is 15.4. The molecule has 2 aliphatic rings. The zero-order valence-corrected chi connectivity index (χ0v) is 25.1. The van der Waals surface area contributed by atoms with E-state index in [1.54, 1.807) is 44.9 Å². The Morgan fingerprint density at radius 2 is 1.98 bits per heavy atom. The maximum atomic E-state index is 15.3. The van der Waals surface area contributed by atoms with Gasteiger partial charge in [0.05, 0.1) is 40.2 Å². The minimum absolute atomic E-state index is 0.139. The van der Waals surface area contributed by atoms with Crippen LogP contribution in [0.4, 0.5) is 10.2 Å². The molecule has 1 amide bonds. The standard InChI is InChI=1S/C32H35FN6O2S/c1-22(36-29-11-6-5-7-12-30(29)42(4)41)25-9-8-10-27(32(40)37(2)3)26(25)14-13-23-19-28(33)31(34-20-23)38-17-18-39-24(21-38)15-16-35-39/h6-16,19-20,22,36H,5,17-18,21H2,1-4H3/b14-13+/t22-,42?/m1/s1. The van der Waals surface area contributed by atoms with Crippen LogP contribution in [0.1, 0.15) is 52.1 Å². The molecule has 10 heteroatoms. The van der Waals surface area contributed by atoms with Crippen molar-refractivity contribution in [3.8, 4) is 0 Å². The molecule has 1 aliphatic carbocycles. The second-order valence-electron chi connectivity index (χ2n) is 10.5. The van der Waals surface area contributed by atoms with Gasteiger partial charge in [0.25, 0.3) is 5.91 Å². The van der Waals surface area contributed by atoms with Crippen molar-refractivity contribution in [1.29, 1.82) is 0 Å². The van der Waals surface area contributed by atoms with Gasteiger partial charge in [-0.1, -0.05) is 36.4 Å². The Kier molecular flexibility index (Phi) is 8.82. The Morgan fingerprint density at radius 1 is 1.17 bits per heavy atom. The molecular weight excluding hydrogens is 551 g/mol. The molecule has 1 unspecified atom stereocenters. The van der Waals surface area contributed by atoms with E-state index in [1.807, 2.05) is 65.1 Å². The van der Waals surface area contributed by atoms with Gasteiger partial charge < -0.3 is 15.1 Å². The average Bonchev–Trinajstić information content (AvgIpc) is 3.32. The molecule has 1 aromatic carbocycles. The van der Waals surface area contributed by atoms with E-state index in [0.29, 0.717) is 41.5 Å². The Morgan fingerprint density at radius 3 is 2.74 bits per heavy atom. The molecule has 0 radical (unpaired) electrons. The van der Waals surface area contributed by atoms with E-state index in [1.165, 1.54) is 11.0 Å². The summed E-state index contributed by atoms with van der Waals surface area (Å²) in [5.74, 6) is -0.234. The number of benzene rings is 1. The summed E-state index contributed by atoms with van der Waals surface area (Å²) in [6.45, 7) is 3.84. The van der Waals surface area contributed by atoms with E-state index in [2.05, 4.69) is 15.4 Å². The molecule has 2 atom stereocenters. The van der Waals surface area contributed by atoms with Crippen LogP contribution in [0.15, 0.2) is 77.6 Å². The highest BCUT2D eigenvalue weighted by atomic mass is 32.2. The van der Waals surface area contributed by atoms with Crippen LogP contribution < -0.4 is 10.2 Å². The number of carbonyl (C=O) groups is 1. The Hall–Kier alpha value is -4.31. The lowest BCUT2D eigenvalue weighted by Crippen LogP contribution is -2.34. The number of halogens is 1. The third-order valence-electron chi connectivity index (χ3n) is 7.34. The van der Waals surface area contributed by atoms with Gasteiger partial charge in [-0.3, -0.25) is 13.7 Å². The molecule has 2 aromatic heterocycles. The van der Waals surface area contributed by atoms with Crippen molar-refractivity contribution in [3.63, 3.8) is 0 Å². The summed E-state index contributed by atoms with van der Waals surface area (Å²) < 4.78 is 29.7. The van der Waals surface area contributed by atoms with E-state index in [-0.39, 0.29) is 11.9 Å². The minimum atomic E-state index is -1.18. The number of amides is 1. The van der Waals surface area contributed by atoms with Gasteiger partial charge in [0.1, 0.15) is 0 Å². The van der Waals surface area contributed by atoms with Crippen molar-refractivity contribution in [2.75, 3.05) is 31.8 Å². The second-order valence-corrected chi connectivity index (χ2v) is 11.9. The summed E-state index contributed by atoms with van der Waals surface area (Å²) >= 11 is 0. The number of nitrogens with zero attached hydrogens (tertiary/aromatic N) is 5. The number of carbonyl (C=O) groups excluding carboxylic acids is 1. The molecular formula is C32H35FN6O2S. The first kappa shape index (κ1) is 29.2. The third-order valence-corrected chi connectivity index (χ3v) is 8.32. The maximum Gasteiger partial charge on any atom is 0.253 e. The van der Waals surface area contributed by atoms with Gasteiger partial charge >= 0.3 is 0 Å². The normalized spacial score (nSPS) is 16.4. The van der Waals surface area contributed by atoms with Gasteiger partial charge in [-0.2, -0.15) is 5.10 Å². The largest absolute Gasteiger partial charge is 0.378 e. The number of hydrogen-bond donors (Lipinski definition) is 1. The van der Waals surface area contributed by atoms with E-state index < -0.39 is 16.6 Å². The van der Waals surface area contributed by atoms with E-state index in [9.17, 15) is 9.00 Å². The summed E-state index contributed by atoms with van der Waals surface area (Å²) in [7, 11) is 2.25. The van der Waals surface area contributed by atoms with Crippen LogP contribution in [0.3, 0.4) is 0 Å². The predicted octanol–water partition coefficient (Wildman–Crippen LogP) is 5.07. The van der Waals surface area contributed by atoms with E-state index in [4.69, 9.17) is 0 Å². The lowest BCUT2D eigenvalue weighted by atomic mass is 9.94. The number of hydrogen-bond acceptors (Lipinski definition) is 6. The fourth-order valence-corrected chi connectivity index (χ4v) is 5.91. The number of fused-ring (bicyclic) bond motifs is 1. The van der Waals surface area contributed by atoms with Crippen LogP contribution in [-0.2, 0) is 23.9 Å². The first-order valence-electron chi connectivity index (χ1n) is 13.8. The van der Waals surface area contributed by atoms with Gasteiger partial charge in [0.2, 0.25) is 0 Å². The van der Waals surface area contributed by atoms with Crippen LogP contribution in [0.25, 0.3) is 12.2 Å². The Bertz CT molecular complexity index is 1640. The molecule has 0 saturated carbocycles. The van der Waals surface area contributed by atoms with Gasteiger partial charge in [-0.25, -0.2) is 9.37 Å². The molecule has 0 spiro atoms. The molecule has 0 saturated heterocycles. The zero-order chi connectivity index (χ0) is 29.8. The Labute approximate surface area is 248 Å². The fourth-order valence-electron chi connectivity index (χ4n) is 5.18. The highest BCUT2D eigenvalue weighted by Crippen LogP contribution is 2.28. The van der Waals surface area contributed by atoms with Crippen molar-refractivity contribution in [3.05, 3.63) is 111 Å². The highest BCUT2D eigenvalue weighted by Gasteiger charge is 2.22. The number of pyridine rings is 1. The lowest BCUT2D eigenvalue weighted by molar-refractivity contribution is 0.0827. The molecule has 0 bridgehead atoms. The molecule has 3 heterocycles. The first-order chi connectivity index (χ1) is 20.2. The van der Waals surface area contributed by atoms with Crippen molar-refractivity contribution in [1.82, 2.24) is 25.0 Å². The summed E-state index contributed by atoms with van der Waals surface area (Å²) in [6.07, 6.45) is 17.3. The van der Waals surface area contributed by atoms with E-state index in [0.717, 1.165) is 28.9 Å². The summed E-state index contributed by atoms with van der Waals surface area (Å²) in [6, 6.07) is 8.79. The van der Waals surface area contributed by atoms with E-state index >= 15 is 4.39 Å². The summed E-state index contributed by atoms with van der Waals surface area (Å²) in [5.41, 5.74) is 4.51. The van der Waals surface area contributed by atoms with Crippen LogP contribution in [0.2, 0.25) is 0 Å². The fraction of sp³-hybridized carbons (Fsp3) is 0.281. The SMILES string of the molecule is C[C@@H](NC1=C(S(C)=O)C=CCC=C1)c1cccc(C(=O)N(C)C)c1/C=C/c1cnc(N2CCn3nccc3C2)c(F)c1. The number of rotatable bonds is 8. The molecule has 1 N–H and O–H groups in total. The van der Waals surface area contributed by atoms with Crippen molar-refractivity contribution < 1.29 is 13.4 Å². The van der Waals surface area contributed by atoms with Crippen LogP contribution in [-0.4, -0.2) is 56.7 Å². The van der Waals surface area contributed by atoms with Crippen molar-refractivity contribution in [2.45, 2.75) is 32.5 Å². The predicted molar refractivity (Wildman–Crippen MR) is 166 cm³/mol. The Balaban J connectivity index is 1.46. The van der Waals surface area contributed by atoms with Crippen LogP contribution >= 0.6 is 0 Å². The molecule has 3 aromatic rings. The smallest absolute Gasteiger partial charge is 0.253 e. The highest BCUT2D eigenvalue weighted by molar-refractivity contribution is 7.88. The molecule has 0 fully saturated rings. The third kappa shape index (κ3) is 6.28. The number of aromatic nitrogens is 3. The molecule has 218 valence electrons. The topological polar surface area (TPSA) is 83.4 Å². The van der Waals surface area contributed by atoms with Gasteiger partial charge in [0.15, 0.2) is 11.6 Å². The van der Waals surface area contributed by atoms with Crippen molar-refractivity contribution >= 4 is 34.7 Å². The molecule has 8 nitrogen and oxygen atoms in total. The number of allylic oxidation sites excluding steroid dienone is 4. The quantitative estimate of drug-likeness (QED) is 0.397. The maximum absolute atomic E-state index is 15.3. The van der Waals surface area contributed by atoms with Crippen molar-refractivity contribution in [2.24, 2.45) is 0 Å². The average molecular weight is 587 g/mol. The molecule has 42 heavy (non-hydrogen) atoms. The number of anilines is 1. The number of nitrogens with one attached hydrogen (secondary N) is 1. The van der Waals surface area contributed by atoms with Gasteiger partial charge in [-0.15, -0.1) is 0 Å². The lowest BCUT2D eigenvalue weighted by Gasteiger charge is -2.28.